The molecule has 0 aromatic heterocycles. The van der Waals surface area contributed by atoms with Gasteiger partial charge in [-0.25, -0.2) is 0 Å². The van der Waals surface area contributed by atoms with Gasteiger partial charge in [0.2, 0.25) is 5.91 Å². The van der Waals surface area contributed by atoms with Crippen molar-refractivity contribution in [2.24, 2.45) is 5.73 Å². The number of carbonyl (C=O) groups excluding carboxylic acids is 1. The summed E-state index contributed by atoms with van der Waals surface area (Å²) in [4.78, 5) is 10.2. The highest BCUT2D eigenvalue weighted by molar-refractivity contribution is 5.91. The smallest absolute Gasteiger partial charge is 0.244 e. The van der Waals surface area contributed by atoms with Crippen LogP contribution >= 0.6 is 0 Å². The lowest BCUT2D eigenvalue weighted by Crippen LogP contribution is -2.11. The topological polar surface area (TPSA) is 43.1 Å². The minimum absolute atomic E-state index is 0.398. The first-order valence-electron chi connectivity index (χ1n) is 2.27. The second-order valence-corrected chi connectivity index (χ2v) is 1.45. The first-order chi connectivity index (χ1) is 3.68. The molecule has 0 aromatic carbocycles. The average Bonchev–Trinajstić information content (AvgIpc) is 1.67. The van der Waals surface area contributed by atoms with Crippen molar-refractivity contribution in [3.05, 3.63) is 24.3 Å². The van der Waals surface area contributed by atoms with E-state index in [4.69, 9.17) is 5.73 Å². The standard InChI is InChI=1S/C6H9NO/c1-3-4-5(2)6(7)8/h3-4H,1H2,2H3,(H2,7,8)/b5-4-. The van der Waals surface area contributed by atoms with Crippen LogP contribution in [0.25, 0.3) is 0 Å². The molecular formula is C6H9NO. The molecule has 0 radical (unpaired) electrons. The number of hydrogen-bond acceptors (Lipinski definition) is 1. The van der Waals surface area contributed by atoms with E-state index in [0.29, 0.717) is 5.57 Å². The molecule has 2 N–H and O–H groups in total. The Morgan fingerprint density at radius 3 is 2.38 bits per heavy atom. The Kier molecular flexibility index (Phi) is 2.62. The third kappa shape index (κ3) is 2.18. The van der Waals surface area contributed by atoms with Gasteiger partial charge in [0, 0.05) is 5.57 Å². The Hall–Kier alpha value is -1.05. The zero-order chi connectivity index (χ0) is 6.57. The monoisotopic (exact) mass is 111 g/mol. The molecule has 0 saturated carbocycles. The van der Waals surface area contributed by atoms with E-state index in [2.05, 4.69) is 6.58 Å². The van der Waals surface area contributed by atoms with Crippen molar-refractivity contribution in [2.75, 3.05) is 0 Å². The summed E-state index contributed by atoms with van der Waals surface area (Å²) in [6, 6.07) is 0. The lowest BCUT2D eigenvalue weighted by molar-refractivity contribution is -0.114. The third-order valence-electron chi connectivity index (χ3n) is 0.757. The lowest BCUT2D eigenvalue weighted by Gasteiger charge is -1.86. The summed E-state index contributed by atoms with van der Waals surface area (Å²) >= 11 is 0. The quantitative estimate of drug-likeness (QED) is 0.411. The molecule has 0 aliphatic rings. The van der Waals surface area contributed by atoms with Crippen LogP contribution in [-0.4, -0.2) is 5.91 Å². The summed E-state index contributed by atoms with van der Waals surface area (Å²) in [5.74, 6) is -0.398. The van der Waals surface area contributed by atoms with Gasteiger partial charge in [-0.2, -0.15) is 0 Å². The first kappa shape index (κ1) is 6.95. The van der Waals surface area contributed by atoms with E-state index in [1.165, 1.54) is 6.08 Å². The number of carbonyl (C=O) groups is 1. The molecule has 0 aliphatic heterocycles. The number of hydrogen-bond donors (Lipinski definition) is 1. The predicted octanol–water partition coefficient (Wildman–Crippen LogP) is 0.604. The van der Waals surface area contributed by atoms with Crippen LogP contribution in [0.15, 0.2) is 24.3 Å². The number of primary amides is 1. The Balaban J connectivity index is 3.99. The largest absolute Gasteiger partial charge is 0.366 e. The van der Waals surface area contributed by atoms with Crippen molar-refractivity contribution in [1.82, 2.24) is 0 Å². The zero-order valence-corrected chi connectivity index (χ0v) is 4.85. The average molecular weight is 111 g/mol. The van der Waals surface area contributed by atoms with Gasteiger partial charge in [-0.15, -0.1) is 0 Å². The fourth-order valence-electron chi connectivity index (χ4n) is 0.259. The second-order valence-electron chi connectivity index (χ2n) is 1.45. The fourth-order valence-corrected chi connectivity index (χ4v) is 0.259. The summed E-state index contributed by atoms with van der Waals surface area (Å²) < 4.78 is 0. The second kappa shape index (κ2) is 3.02. The number of amides is 1. The molecule has 0 saturated heterocycles. The van der Waals surface area contributed by atoms with E-state index in [1.807, 2.05) is 0 Å². The van der Waals surface area contributed by atoms with Crippen LogP contribution in [0.5, 0.6) is 0 Å². The van der Waals surface area contributed by atoms with E-state index < -0.39 is 5.91 Å². The van der Waals surface area contributed by atoms with Gasteiger partial charge in [0.1, 0.15) is 0 Å². The van der Waals surface area contributed by atoms with Gasteiger partial charge in [-0.05, 0) is 6.92 Å². The van der Waals surface area contributed by atoms with Crippen molar-refractivity contribution in [3.8, 4) is 0 Å². The van der Waals surface area contributed by atoms with Gasteiger partial charge in [-0.1, -0.05) is 18.7 Å². The maximum atomic E-state index is 10.2. The van der Waals surface area contributed by atoms with Gasteiger partial charge in [0.25, 0.3) is 0 Å². The van der Waals surface area contributed by atoms with Crippen molar-refractivity contribution in [3.63, 3.8) is 0 Å². The Morgan fingerprint density at radius 1 is 1.75 bits per heavy atom. The van der Waals surface area contributed by atoms with Crippen LogP contribution in [0.4, 0.5) is 0 Å². The third-order valence-corrected chi connectivity index (χ3v) is 0.757. The van der Waals surface area contributed by atoms with E-state index in [0.717, 1.165) is 0 Å². The maximum absolute atomic E-state index is 10.2. The number of rotatable bonds is 2. The van der Waals surface area contributed by atoms with Gasteiger partial charge in [0.05, 0.1) is 0 Å². The van der Waals surface area contributed by atoms with Crippen LogP contribution in [-0.2, 0) is 4.79 Å². The zero-order valence-electron chi connectivity index (χ0n) is 4.85. The van der Waals surface area contributed by atoms with Gasteiger partial charge in [-0.3, -0.25) is 4.79 Å². The van der Waals surface area contributed by atoms with Gasteiger partial charge < -0.3 is 5.73 Å². The van der Waals surface area contributed by atoms with Crippen molar-refractivity contribution in [1.29, 1.82) is 0 Å². The van der Waals surface area contributed by atoms with Crippen molar-refractivity contribution >= 4 is 5.91 Å². The minimum Gasteiger partial charge on any atom is -0.366 e. The molecule has 8 heavy (non-hydrogen) atoms. The SMILES string of the molecule is C=C/C=C(/C)C(N)=O. The molecule has 1 amide bonds. The highest BCUT2D eigenvalue weighted by Crippen LogP contribution is 1.87. The number of nitrogens with two attached hydrogens (primary N) is 1. The molecule has 2 nitrogen and oxygen atoms in total. The van der Waals surface area contributed by atoms with Crippen LogP contribution in [0.2, 0.25) is 0 Å². The Labute approximate surface area is 48.7 Å². The van der Waals surface area contributed by atoms with Crippen LogP contribution < -0.4 is 5.73 Å². The summed E-state index contributed by atoms with van der Waals surface area (Å²) in [6.45, 7) is 5.04. The fraction of sp³-hybridized carbons (Fsp3) is 0.167. The minimum atomic E-state index is -0.398. The molecule has 0 fully saturated rings. The number of allylic oxidation sites excluding steroid dienone is 2. The molecule has 0 rings (SSSR count). The molecule has 0 bridgehead atoms. The molecule has 0 spiro atoms. The van der Waals surface area contributed by atoms with Crippen LogP contribution in [0, 0.1) is 0 Å². The molecule has 0 aromatic rings. The van der Waals surface area contributed by atoms with Crippen LogP contribution in [0.1, 0.15) is 6.92 Å². The Bertz CT molecular complexity index is 135. The maximum Gasteiger partial charge on any atom is 0.244 e. The van der Waals surface area contributed by atoms with E-state index in [-0.39, 0.29) is 0 Å². The highest BCUT2D eigenvalue weighted by atomic mass is 16.1. The molecule has 0 aliphatic carbocycles. The van der Waals surface area contributed by atoms with E-state index in [9.17, 15) is 4.79 Å². The van der Waals surface area contributed by atoms with Crippen LogP contribution in [0.3, 0.4) is 0 Å². The molecular weight excluding hydrogens is 102 g/mol. The highest BCUT2D eigenvalue weighted by Gasteiger charge is 1.91. The van der Waals surface area contributed by atoms with Crippen molar-refractivity contribution < 1.29 is 4.79 Å². The molecule has 2 heteroatoms. The Morgan fingerprint density at radius 2 is 2.25 bits per heavy atom. The molecule has 0 atom stereocenters. The molecule has 0 heterocycles. The summed E-state index contributed by atoms with van der Waals surface area (Å²) in [7, 11) is 0. The van der Waals surface area contributed by atoms with E-state index in [1.54, 1.807) is 13.0 Å². The van der Waals surface area contributed by atoms with Crippen molar-refractivity contribution in [2.45, 2.75) is 6.92 Å². The normalized spacial score (nSPS) is 10.9. The van der Waals surface area contributed by atoms with E-state index >= 15 is 0 Å². The molecule has 44 valence electrons. The summed E-state index contributed by atoms with van der Waals surface area (Å²) in [5, 5.41) is 0. The summed E-state index contributed by atoms with van der Waals surface area (Å²) in [5.41, 5.74) is 5.39. The lowest BCUT2D eigenvalue weighted by atomic mass is 10.3. The molecule has 0 unspecified atom stereocenters. The first-order valence-corrected chi connectivity index (χ1v) is 2.27. The summed E-state index contributed by atoms with van der Waals surface area (Å²) in [6.07, 6.45) is 3.10. The van der Waals surface area contributed by atoms with Gasteiger partial charge >= 0.3 is 0 Å². The van der Waals surface area contributed by atoms with Gasteiger partial charge in [0.15, 0.2) is 0 Å². The predicted molar refractivity (Wildman–Crippen MR) is 33.1 cm³/mol.